The van der Waals surface area contributed by atoms with E-state index in [1.54, 1.807) is 12.1 Å². The maximum atomic E-state index is 10.0. The Bertz CT molecular complexity index is 500. The van der Waals surface area contributed by atoms with Crippen LogP contribution in [0.1, 0.15) is 24.4 Å². The second-order valence-corrected chi connectivity index (χ2v) is 6.75. The fourth-order valence-electron chi connectivity index (χ4n) is 2.99. The highest BCUT2D eigenvalue weighted by molar-refractivity contribution is 6.42. The van der Waals surface area contributed by atoms with Crippen LogP contribution in [0.5, 0.6) is 5.75 Å². The predicted octanol–water partition coefficient (Wildman–Crippen LogP) is 2.30. The van der Waals surface area contributed by atoms with Crippen LogP contribution >= 0.6 is 23.2 Å². The first-order chi connectivity index (χ1) is 10.1. The van der Waals surface area contributed by atoms with E-state index in [-0.39, 0.29) is 11.8 Å². The van der Waals surface area contributed by atoms with Crippen molar-refractivity contribution in [3.05, 3.63) is 27.7 Å². The van der Waals surface area contributed by atoms with Gasteiger partial charge in [0.15, 0.2) is 0 Å². The molecular formula is C15H21Cl2N3O. The maximum absolute atomic E-state index is 10.0. The Morgan fingerprint density at radius 2 is 2.00 bits per heavy atom. The van der Waals surface area contributed by atoms with Gasteiger partial charge in [0.25, 0.3) is 0 Å². The molecule has 116 valence electrons. The van der Waals surface area contributed by atoms with Crippen molar-refractivity contribution >= 4 is 23.2 Å². The van der Waals surface area contributed by atoms with E-state index >= 15 is 0 Å². The Hall–Kier alpha value is -0.520. The summed E-state index contributed by atoms with van der Waals surface area (Å²) in [5, 5.41) is 21.3. The molecule has 2 aliphatic heterocycles. The lowest BCUT2D eigenvalue weighted by atomic mass is 9.90. The van der Waals surface area contributed by atoms with Crippen LogP contribution in [0.4, 0.5) is 0 Å². The highest BCUT2D eigenvalue weighted by Crippen LogP contribution is 2.39. The largest absolute Gasteiger partial charge is 0.508 e. The van der Waals surface area contributed by atoms with Gasteiger partial charge in [-0.2, -0.15) is 0 Å². The van der Waals surface area contributed by atoms with Crippen LogP contribution in [0.3, 0.4) is 0 Å². The van der Waals surface area contributed by atoms with Gasteiger partial charge in [0, 0.05) is 30.7 Å². The molecule has 0 spiro atoms. The van der Waals surface area contributed by atoms with Crippen LogP contribution in [0.2, 0.25) is 10.0 Å². The van der Waals surface area contributed by atoms with Crippen molar-refractivity contribution in [1.29, 1.82) is 0 Å². The fourth-order valence-corrected chi connectivity index (χ4v) is 3.45. The summed E-state index contributed by atoms with van der Waals surface area (Å²) in [7, 11) is 0. The van der Waals surface area contributed by atoms with Crippen LogP contribution in [0.25, 0.3) is 0 Å². The Kier molecular flexibility index (Phi) is 4.92. The summed E-state index contributed by atoms with van der Waals surface area (Å²) >= 11 is 12.3. The van der Waals surface area contributed by atoms with Gasteiger partial charge in [-0.05, 0) is 44.0 Å². The summed E-state index contributed by atoms with van der Waals surface area (Å²) in [6.07, 6.45) is 2.08. The average Bonchev–Trinajstić information content (AvgIpc) is 2.43. The number of hydrogen-bond donors (Lipinski definition) is 4. The molecule has 0 aromatic heterocycles. The third-order valence-corrected chi connectivity index (χ3v) is 5.27. The average molecular weight is 330 g/mol. The molecule has 2 saturated heterocycles. The normalized spacial score (nSPS) is 26.6. The SMILES string of the molecule is Oc1ccc(Cl)c(Cl)c1C1CCC(CNC2CNC2)CN1. The highest BCUT2D eigenvalue weighted by Gasteiger charge is 2.27. The summed E-state index contributed by atoms with van der Waals surface area (Å²) < 4.78 is 0. The predicted molar refractivity (Wildman–Crippen MR) is 86.3 cm³/mol. The Balaban J connectivity index is 1.56. The van der Waals surface area contributed by atoms with Crippen molar-refractivity contribution in [2.45, 2.75) is 24.9 Å². The van der Waals surface area contributed by atoms with Crippen LogP contribution in [-0.4, -0.2) is 37.3 Å². The van der Waals surface area contributed by atoms with Crippen LogP contribution < -0.4 is 16.0 Å². The molecule has 0 radical (unpaired) electrons. The first kappa shape index (κ1) is 15.4. The molecule has 0 bridgehead atoms. The molecule has 4 N–H and O–H groups in total. The van der Waals surface area contributed by atoms with Crippen molar-refractivity contribution < 1.29 is 5.11 Å². The molecule has 2 unspecified atom stereocenters. The zero-order chi connectivity index (χ0) is 14.8. The molecular weight excluding hydrogens is 309 g/mol. The van der Waals surface area contributed by atoms with Crippen molar-refractivity contribution in [3.8, 4) is 5.75 Å². The minimum Gasteiger partial charge on any atom is -0.508 e. The first-order valence-electron chi connectivity index (χ1n) is 7.49. The first-order valence-corrected chi connectivity index (χ1v) is 8.25. The fraction of sp³-hybridized carbons (Fsp3) is 0.600. The number of nitrogens with one attached hydrogen (secondary N) is 3. The number of benzene rings is 1. The topological polar surface area (TPSA) is 56.3 Å². The number of rotatable bonds is 4. The number of halogens is 2. The van der Waals surface area contributed by atoms with E-state index in [1.807, 2.05) is 0 Å². The summed E-state index contributed by atoms with van der Waals surface area (Å²) in [6.45, 7) is 4.13. The summed E-state index contributed by atoms with van der Waals surface area (Å²) in [5.74, 6) is 0.848. The smallest absolute Gasteiger partial charge is 0.121 e. The molecule has 0 aliphatic carbocycles. The van der Waals surface area contributed by atoms with Crippen molar-refractivity contribution in [2.24, 2.45) is 5.92 Å². The standard InChI is InChI=1S/C15H21Cl2N3O/c16-11-2-4-13(21)14(15(11)17)12-3-1-9(6-20-12)5-19-10-7-18-8-10/h2,4,9-10,12,18-21H,1,3,5-8H2. The van der Waals surface area contributed by atoms with E-state index in [4.69, 9.17) is 23.2 Å². The maximum Gasteiger partial charge on any atom is 0.121 e. The quantitative estimate of drug-likeness (QED) is 0.684. The molecule has 1 aromatic carbocycles. The van der Waals surface area contributed by atoms with Gasteiger partial charge in [-0.15, -0.1) is 0 Å². The molecule has 2 atom stereocenters. The third-order valence-electron chi connectivity index (χ3n) is 4.45. The molecule has 3 rings (SSSR count). The van der Waals surface area contributed by atoms with Crippen LogP contribution in [0.15, 0.2) is 12.1 Å². The number of piperidine rings is 1. The van der Waals surface area contributed by atoms with Gasteiger partial charge in [0.05, 0.1) is 10.0 Å². The molecule has 2 heterocycles. The molecule has 0 saturated carbocycles. The molecule has 6 heteroatoms. The van der Waals surface area contributed by atoms with E-state index < -0.39 is 0 Å². The molecule has 1 aromatic rings. The van der Waals surface area contributed by atoms with Crippen molar-refractivity contribution in [2.75, 3.05) is 26.2 Å². The summed E-state index contributed by atoms with van der Waals surface area (Å²) in [5.41, 5.74) is 0.735. The Labute approximate surface area is 135 Å². The van der Waals surface area contributed by atoms with Gasteiger partial charge in [0.2, 0.25) is 0 Å². The number of aromatic hydroxyl groups is 1. The van der Waals surface area contributed by atoms with Gasteiger partial charge in [-0.1, -0.05) is 23.2 Å². The second kappa shape index (κ2) is 6.71. The lowest BCUT2D eigenvalue weighted by Crippen LogP contribution is -2.56. The van der Waals surface area contributed by atoms with E-state index in [9.17, 15) is 5.11 Å². The molecule has 0 amide bonds. The van der Waals surface area contributed by atoms with E-state index in [0.717, 1.165) is 44.6 Å². The number of phenols is 1. The minimum atomic E-state index is 0.0813. The van der Waals surface area contributed by atoms with Crippen LogP contribution in [-0.2, 0) is 0 Å². The lowest BCUT2D eigenvalue weighted by Gasteiger charge is -2.34. The zero-order valence-corrected chi connectivity index (χ0v) is 13.3. The number of hydrogen-bond acceptors (Lipinski definition) is 4. The van der Waals surface area contributed by atoms with Crippen molar-refractivity contribution in [3.63, 3.8) is 0 Å². The van der Waals surface area contributed by atoms with Gasteiger partial charge in [-0.25, -0.2) is 0 Å². The summed E-state index contributed by atoms with van der Waals surface area (Å²) in [6, 6.07) is 3.96. The van der Waals surface area contributed by atoms with Gasteiger partial charge >= 0.3 is 0 Å². The third kappa shape index (κ3) is 3.46. The van der Waals surface area contributed by atoms with E-state index in [1.165, 1.54) is 0 Å². The minimum absolute atomic E-state index is 0.0813. The second-order valence-electron chi connectivity index (χ2n) is 5.96. The van der Waals surface area contributed by atoms with E-state index in [2.05, 4.69) is 16.0 Å². The Morgan fingerprint density at radius 1 is 1.19 bits per heavy atom. The summed E-state index contributed by atoms with van der Waals surface area (Å²) in [4.78, 5) is 0. The molecule has 2 aliphatic rings. The molecule has 4 nitrogen and oxygen atoms in total. The van der Waals surface area contributed by atoms with Gasteiger partial charge in [0.1, 0.15) is 5.75 Å². The molecule has 2 fully saturated rings. The highest BCUT2D eigenvalue weighted by atomic mass is 35.5. The molecule has 21 heavy (non-hydrogen) atoms. The lowest BCUT2D eigenvalue weighted by molar-refractivity contribution is 0.273. The van der Waals surface area contributed by atoms with Gasteiger partial charge < -0.3 is 21.1 Å². The van der Waals surface area contributed by atoms with Crippen LogP contribution in [0, 0.1) is 5.92 Å². The number of phenolic OH excluding ortho intramolecular Hbond substituents is 1. The van der Waals surface area contributed by atoms with Crippen molar-refractivity contribution in [1.82, 2.24) is 16.0 Å². The van der Waals surface area contributed by atoms with Gasteiger partial charge in [-0.3, -0.25) is 0 Å². The Morgan fingerprint density at radius 3 is 2.62 bits per heavy atom. The zero-order valence-electron chi connectivity index (χ0n) is 11.8. The van der Waals surface area contributed by atoms with E-state index in [0.29, 0.717) is 22.0 Å². The monoisotopic (exact) mass is 329 g/mol.